The van der Waals surface area contributed by atoms with E-state index in [0.717, 1.165) is 66.9 Å². The SMILES string of the molecule is c1ccc(-c2cc(-c3ccccc3)cc(-c3nc(-c4ccccc4)nc(-c4ccc(-c5cccc6c5-c5ccccc5C5(O6)c6ccccc6-c6ccccc65)cc4)n3)c2)cc1. The van der Waals surface area contributed by atoms with Gasteiger partial charge in [0, 0.05) is 38.9 Å². The van der Waals surface area contributed by atoms with E-state index in [1.165, 1.54) is 27.8 Å². The van der Waals surface area contributed by atoms with Crippen molar-refractivity contribution in [1.29, 1.82) is 0 Å². The van der Waals surface area contributed by atoms with Crippen molar-refractivity contribution < 1.29 is 4.74 Å². The molecular weight excluding hydrogens is 755 g/mol. The molecule has 1 aliphatic carbocycles. The molecule has 0 saturated heterocycles. The minimum atomic E-state index is -0.755. The number of hydrogen-bond acceptors (Lipinski definition) is 4. The molecule has 2 heterocycles. The number of nitrogens with zero attached hydrogens (tertiary/aromatic N) is 3. The van der Waals surface area contributed by atoms with E-state index in [0.29, 0.717) is 17.5 Å². The fraction of sp³-hybridized carbons (Fsp3) is 0.0172. The van der Waals surface area contributed by atoms with E-state index in [4.69, 9.17) is 19.7 Å². The Morgan fingerprint density at radius 1 is 0.274 bits per heavy atom. The molecule has 10 aromatic rings. The molecule has 12 rings (SSSR count). The third kappa shape index (κ3) is 5.80. The van der Waals surface area contributed by atoms with E-state index < -0.39 is 5.60 Å². The zero-order valence-electron chi connectivity index (χ0n) is 33.6. The molecule has 4 nitrogen and oxygen atoms in total. The lowest BCUT2D eigenvalue weighted by Crippen LogP contribution is -2.36. The summed E-state index contributed by atoms with van der Waals surface area (Å²) in [7, 11) is 0. The summed E-state index contributed by atoms with van der Waals surface area (Å²) in [4.78, 5) is 15.4. The summed E-state index contributed by atoms with van der Waals surface area (Å²) in [5.41, 5.74) is 16.8. The van der Waals surface area contributed by atoms with Gasteiger partial charge in [-0.25, -0.2) is 15.0 Å². The third-order valence-electron chi connectivity index (χ3n) is 12.3. The summed E-state index contributed by atoms with van der Waals surface area (Å²) in [6.45, 7) is 0. The molecule has 0 amide bonds. The van der Waals surface area contributed by atoms with Gasteiger partial charge in [0.1, 0.15) is 5.75 Å². The van der Waals surface area contributed by atoms with Crippen molar-refractivity contribution in [2.24, 2.45) is 0 Å². The molecular formula is C58H37N3O. The highest BCUT2D eigenvalue weighted by Crippen LogP contribution is 2.59. The van der Waals surface area contributed by atoms with Crippen molar-refractivity contribution >= 4 is 0 Å². The van der Waals surface area contributed by atoms with Gasteiger partial charge in [0.05, 0.1) is 0 Å². The second-order valence-electron chi connectivity index (χ2n) is 15.9. The lowest BCUT2D eigenvalue weighted by Gasteiger charge is -2.40. The van der Waals surface area contributed by atoms with Gasteiger partial charge < -0.3 is 4.74 Å². The minimum Gasteiger partial charge on any atom is -0.472 e. The van der Waals surface area contributed by atoms with Gasteiger partial charge in [-0.15, -0.1) is 0 Å². The van der Waals surface area contributed by atoms with Crippen LogP contribution in [-0.2, 0) is 5.60 Å². The lowest BCUT2D eigenvalue weighted by molar-refractivity contribution is 0.157. The molecule has 1 aromatic heterocycles. The molecule has 1 spiro atoms. The number of aromatic nitrogens is 3. The first-order valence-electron chi connectivity index (χ1n) is 21.0. The van der Waals surface area contributed by atoms with Crippen molar-refractivity contribution in [2.75, 3.05) is 0 Å². The van der Waals surface area contributed by atoms with Crippen LogP contribution in [0.2, 0.25) is 0 Å². The Kier molecular flexibility index (Phi) is 8.36. The highest BCUT2D eigenvalue weighted by atomic mass is 16.5. The Labute approximate surface area is 360 Å². The number of ether oxygens (including phenoxy) is 1. The zero-order chi connectivity index (χ0) is 41.0. The second-order valence-corrected chi connectivity index (χ2v) is 15.9. The van der Waals surface area contributed by atoms with E-state index >= 15 is 0 Å². The van der Waals surface area contributed by atoms with Gasteiger partial charge in [-0.05, 0) is 74.3 Å². The van der Waals surface area contributed by atoms with Crippen LogP contribution in [0.5, 0.6) is 5.75 Å². The largest absolute Gasteiger partial charge is 0.472 e. The van der Waals surface area contributed by atoms with E-state index in [1.807, 2.05) is 42.5 Å². The molecule has 1 aliphatic heterocycles. The van der Waals surface area contributed by atoms with E-state index in [-0.39, 0.29) is 0 Å². The van der Waals surface area contributed by atoms with Gasteiger partial charge in [-0.2, -0.15) is 0 Å². The normalized spacial score (nSPS) is 12.8. The average molecular weight is 792 g/mol. The summed E-state index contributed by atoms with van der Waals surface area (Å²) >= 11 is 0. The fourth-order valence-corrected chi connectivity index (χ4v) is 9.46. The fourth-order valence-electron chi connectivity index (χ4n) is 9.46. The Hall–Kier alpha value is -8.21. The van der Waals surface area contributed by atoms with Gasteiger partial charge in [0.25, 0.3) is 0 Å². The van der Waals surface area contributed by atoms with Gasteiger partial charge in [0.15, 0.2) is 23.1 Å². The average Bonchev–Trinajstić information content (AvgIpc) is 3.63. The predicted molar refractivity (Wildman–Crippen MR) is 250 cm³/mol. The molecule has 0 saturated carbocycles. The van der Waals surface area contributed by atoms with E-state index in [1.54, 1.807) is 0 Å². The van der Waals surface area contributed by atoms with Crippen LogP contribution in [0.4, 0.5) is 0 Å². The van der Waals surface area contributed by atoms with Crippen LogP contribution in [0.25, 0.3) is 89.8 Å². The maximum Gasteiger partial charge on any atom is 0.186 e. The molecule has 0 atom stereocenters. The first kappa shape index (κ1) is 35.7. The minimum absolute atomic E-state index is 0.607. The third-order valence-corrected chi connectivity index (χ3v) is 12.3. The predicted octanol–water partition coefficient (Wildman–Crippen LogP) is 14.2. The van der Waals surface area contributed by atoms with Gasteiger partial charge >= 0.3 is 0 Å². The maximum absolute atomic E-state index is 7.37. The van der Waals surface area contributed by atoms with Crippen LogP contribution in [0.1, 0.15) is 16.7 Å². The molecule has 2 aliphatic rings. The van der Waals surface area contributed by atoms with Crippen LogP contribution in [0, 0.1) is 0 Å². The zero-order valence-corrected chi connectivity index (χ0v) is 33.6. The lowest BCUT2D eigenvalue weighted by atomic mass is 9.76. The summed E-state index contributed by atoms with van der Waals surface area (Å²) in [6, 6.07) is 78.8. The van der Waals surface area contributed by atoms with Gasteiger partial charge in [-0.3, -0.25) is 0 Å². The Bertz CT molecular complexity index is 3210. The molecule has 290 valence electrons. The van der Waals surface area contributed by atoms with E-state index in [2.05, 4.69) is 182 Å². The number of fused-ring (bicyclic) bond motifs is 9. The Balaban J connectivity index is 0.974. The monoisotopic (exact) mass is 791 g/mol. The molecule has 0 bridgehead atoms. The molecule has 9 aromatic carbocycles. The quantitative estimate of drug-likeness (QED) is 0.168. The number of rotatable bonds is 6. The summed E-state index contributed by atoms with van der Waals surface area (Å²) in [5, 5.41) is 0. The number of benzene rings is 9. The van der Waals surface area contributed by atoms with Crippen molar-refractivity contribution in [3.63, 3.8) is 0 Å². The molecule has 0 N–H and O–H groups in total. The van der Waals surface area contributed by atoms with Crippen LogP contribution in [0.15, 0.2) is 224 Å². The van der Waals surface area contributed by atoms with Gasteiger partial charge in [0.2, 0.25) is 0 Å². The Morgan fingerprint density at radius 2 is 0.661 bits per heavy atom. The van der Waals surface area contributed by atoms with Crippen LogP contribution >= 0.6 is 0 Å². The second kappa shape index (κ2) is 14.5. The molecule has 0 fully saturated rings. The van der Waals surface area contributed by atoms with Crippen molar-refractivity contribution in [3.8, 4) is 95.5 Å². The maximum atomic E-state index is 7.37. The first-order chi connectivity index (χ1) is 30.7. The Morgan fingerprint density at radius 3 is 1.21 bits per heavy atom. The first-order valence-corrected chi connectivity index (χ1v) is 21.0. The summed E-state index contributed by atoms with van der Waals surface area (Å²) in [6.07, 6.45) is 0. The molecule has 0 radical (unpaired) electrons. The highest BCUT2D eigenvalue weighted by Gasteiger charge is 2.50. The van der Waals surface area contributed by atoms with Crippen molar-refractivity contribution in [2.45, 2.75) is 5.60 Å². The summed E-state index contributed by atoms with van der Waals surface area (Å²) in [5.74, 6) is 2.70. The van der Waals surface area contributed by atoms with Crippen molar-refractivity contribution in [3.05, 3.63) is 241 Å². The number of hydrogen-bond donors (Lipinski definition) is 0. The standard InChI is InChI=1S/C58H37N3O/c1-4-17-38(18-5-1)43-35-44(39-19-6-2-7-20-39)37-45(36-43)57-60-55(41-21-8-3-9-22-41)59-56(61-57)42-33-31-40(32-34-42)46-26-16-30-53-54(46)49-25-12-15-29-52(49)58(62-53)50-27-13-10-23-47(50)48-24-11-14-28-51(48)58/h1-37H. The smallest absolute Gasteiger partial charge is 0.186 e. The van der Waals surface area contributed by atoms with Crippen LogP contribution in [-0.4, -0.2) is 15.0 Å². The highest BCUT2D eigenvalue weighted by molar-refractivity contribution is 5.94. The topological polar surface area (TPSA) is 47.9 Å². The summed E-state index contributed by atoms with van der Waals surface area (Å²) < 4.78 is 7.37. The van der Waals surface area contributed by atoms with Crippen LogP contribution < -0.4 is 4.74 Å². The van der Waals surface area contributed by atoms with Gasteiger partial charge in [-0.1, -0.05) is 200 Å². The molecule has 62 heavy (non-hydrogen) atoms. The van der Waals surface area contributed by atoms with Crippen molar-refractivity contribution in [1.82, 2.24) is 15.0 Å². The van der Waals surface area contributed by atoms with E-state index in [9.17, 15) is 0 Å². The molecule has 4 heteroatoms. The molecule has 0 unspecified atom stereocenters. The van der Waals surface area contributed by atoms with Crippen LogP contribution in [0.3, 0.4) is 0 Å².